The van der Waals surface area contributed by atoms with Crippen molar-refractivity contribution in [1.29, 1.82) is 0 Å². The summed E-state index contributed by atoms with van der Waals surface area (Å²) >= 11 is 1.41. The number of fused-ring (bicyclic) bond motifs is 1. The molecule has 2 aliphatic rings. The lowest BCUT2D eigenvalue weighted by molar-refractivity contribution is -0.150. The number of hydrogen-bond donors (Lipinski definition) is 3. The van der Waals surface area contributed by atoms with Crippen LogP contribution in [0.1, 0.15) is 6.92 Å². The molecule has 19 heavy (non-hydrogen) atoms. The van der Waals surface area contributed by atoms with E-state index < -0.39 is 24.4 Å². The van der Waals surface area contributed by atoms with Gasteiger partial charge >= 0.3 is 0 Å². The van der Waals surface area contributed by atoms with Gasteiger partial charge in [-0.05, 0) is 5.17 Å². The molecule has 0 aromatic carbocycles. The zero-order valence-corrected chi connectivity index (χ0v) is 11.7. The van der Waals surface area contributed by atoms with Gasteiger partial charge in [0.1, 0.15) is 11.5 Å². The molecular weight excluding hydrogens is 266 g/mol. The van der Waals surface area contributed by atoms with Gasteiger partial charge in [0.15, 0.2) is 0 Å². The lowest BCUT2D eigenvalue weighted by Gasteiger charge is -2.40. The fraction of sp³-hybridized carbons (Fsp3) is 0.750. The topological polar surface area (TPSA) is 88.2 Å². The van der Waals surface area contributed by atoms with Gasteiger partial charge in [0, 0.05) is 19.1 Å². The molecular formula is C12H20N3O3S-. The maximum absolute atomic E-state index is 10.1. The number of amidine groups is 1. The summed E-state index contributed by atoms with van der Waals surface area (Å²) in [6, 6.07) is -0.430. The van der Waals surface area contributed by atoms with Crippen LogP contribution >= 0.6 is 11.8 Å². The maximum Gasteiger partial charge on any atom is 0.112 e. The molecule has 5 atom stereocenters. The van der Waals surface area contributed by atoms with E-state index in [2.05, 4.69) is 22.2 Å². The van der Waals surface area contributed by atoms with Crippen LogP contribution in [0, 0.1) is 0 Å². The van der Waals surface area contributed by atoms with Crippen molar-refractivity contribution in [3.05, 3.63) is 18.0 Å². The molecule has 0 aromatic heterocycles. The van der Waals surface area contributed by atoms with E-state index in [1.807, 2.05) is 6.92 Å². The maximum atomic E-state index is 10.1. The summed E-state index contributed by atoms with van der Waals surface area (Å²) in [7, 11) is 0. The van der Waals surface area contributed by atoms with Crippen molar-refractivity contribution in [2.75, 3.05) is 19.6 Å². The summed E-state index contributed by atoms with van der Waals surface area (Å²) < 4.78 is 5.80. The third kappa shape index (κ3) is 3.29. The highest BCUT2D eigenvalue weighted by molar-refractivity contribution is 8.15. The summed E-state index contributed by atoms with van der Waals surface area (Å²) in [4.78, 5) is 4.30. The quantitative estimate of drug-likeness (QED) is 0.492. The first-order valence-corrected chi connectivity index (χ1v) is 7.30. The Kier molecular flexibility index (Phi) is 5.23. The first-order chi connectivity index (χ1) is 9.17. The lowest BCUT2D eigenvalue weighted by atomic mass is 9.98. The van der Waals surface area contributed by atoms with Gasteiger partial charge in [0.25, 0.3) is 0 Å². The van der Waals surface area contributed by atoms with Crippen LogP contribution in [0.25, 0.3) is 5.32 Å². The molecule has 2 rings (SSSR count). The van der Waals surface area contributed by atoms with Crippen LogP contribution in [0.2, 0.25) is 0 Å². The summed E-state index contributed by atoms with van der Waals surface area (Å²) in [6.07, 6.45) is -0.560. The van der Waals surface area contributed by atoms with E-state index in [1.165, 1.54) is 11.8 Å². The van der Waals surface area contributed by atoms with Crippen molar-refractivity contribution in [3.63, 3.8) is 0 Å². The molecule has 6 nitrogen and oxygen atoms in total. The Bertz CT molecular complexity index is 353. The Labute approximate surface area is 117 Å². The van der Waals surface area contributed by atoms with Gasteiger partial charge in [-0.25, -0.2) is 0 Å². The van der Waals surface area contributed by atoms with Gasteiger partial charge in [-0.3, -0.25) is 0 Å². The van der Waals surface area contributed by atoms with Gasteiger partial charge in [-0.2, -0.15) is 0 Å². The molecule has 0 saturated carbocycles. The fourth-order valence-electron chi connectivity index (χ4n) is 2.12. The van der Waals surface area contributed by atoms with E-state index >= 15 is 0 Å². The van der Waals surface area contributed by atoms with E-state index in [4.69, 9.17) is 4.74 Å². The lowest BCUT2D eigenvalue weighted by Crippen LogP contribution is -2.57. The van der Waals surface area contributed by atoms with Crippen molar-refractivity contribution in [3.8, 4) is 0 Å². The highest BCUT2D eigenvalue weighted by atomic mass is 32.2. The molecule has 0 aliphatic carbocycles. The second-order valence-electron chi connectivity index (χ2n) is 4.47. The largest absolute Gasteiger partial charge is 0.460 e. The molecule has 0 unspecified atom stereocenters. The molecule has 2 aliphatic heterocycles. The number of nitrogens with one attached hydrogen (secondary N) is 1. The van der Waals surface area contributed by atoms with Crippen molar-refractivity contribution < 1.29 is 14.9 Å². The van der Waals surface area contributed by atoms with Crippen molar-refractivity contribution >= 4 is 16.9 Å². The molecule has 3 N–H and O–H groups in total. The first kappa shape index (κ1) is 14.8. The second kappa shape index (κ2) is 6.71. The SMILES string of the molecule is C=CCNC[C@H]1O[C@@H]2SC([N-]CC)=N[C@@H]2[C@@H](O)[C@@H]1O. The summed E-state index contributed by atoms with van der Waals surface area (Å²) in [5.74, 6) is 0. The Morgan fingerprint density at radius 1 is 1.53 bits per heavy atom. The summed E-state index contributed by atoms with van der Waals surface area (Å²) in [5.41, 5.74) is -0.265. The van der Waals surface area contributed by atoms with Crippen LogP contribution in [-0.2, 0) is 4.74 Å². The number of rotatable bonds is 5. The summed E-state index contributed by atoms with van der Waals surface area (Å²) in [5, 5.41) is 28.1. The van der Waals surface area contributed by atoms with Crippen molar-refractivity contribution in [1.82, 2.24) is 5.32 Å². The number of ether oxygens (including phenoxy) is 1. The standard InChI is InChI=1S/C12H20N3O3S/c1-3-5-13-6-7-9(16)10(17)8-11(18-7)19-12(15-8)14-4-2/h3,7-11,13,16-17H,1,4-6H2,2H3/q-1/t7-,8-,9-,10-,11-/m1/s1. The van der Waals surface area contributed by atoms with Gasteiger partial charge in [-0.1, -0.05) is 19.5 Å². The molecule has 2 heterocycles. The Hall–Kier alpha value is -0.600. The van der Waals surface area contributed by atoms with Gasteiger partial charge in [0.05, 0.1) is 12.2 Å². The molecule has 0 bridgehead atoms. The minimum absolute atomic E-state index is 0.265. The van der Waals surface area contributed by atoms with Crippen molar-refractivity contribution in [2.24, 2.45) is 4.99 Å². The molecule has 0 amide bonds. The monoisotopic (exact) mass is 286 g/mol. The molecule has 0 spiro atoms. The molecule has 1 saturated heterocycles. The third-order valence-electron chi connectivity index (χ3n) is 3.08. The van der Waals surface area contributed by atoms with Crippen LogP contribution in [0.3, 0.4) is 0 Å². The van der Waals surface area contributed by atoms with Crippen LogP contribution in [0.5, 0.6) is 0 Å². The number of aliphatic imine (C=N–C) groups is 1. The predicted molar refractivity (Wildman–Crippen MR) is 76.5 cm³/mol. The van der Waals surface area contributed by atoms with Crippen LogP contribution in [0.15, 0.2) is 17.6 Å². The minimum atomic E-state index is -0.941. The van der Waals surface area contributed by atoms with E-state index in [1.54, 1.807) is 6.08 Å². The van der Waals surface area contributed by atoms with Gasteiger partial charge in [-0.15, -0.1) is 18.3 Å². The highest BCUT2D eigenvalue weighted by Crippen LogP contribution is 2.37. The molecule has 0 aromatic rings. The fourth-order valence-corrected chi connectivity index (χ4v) is 3.28. The number of aliphatic hydroxyl groups excluding tert-OH is 2. The Balaban J connectivity index is 1.95. The van der Waals surface area contributed by atoms with E-state index in [-0.39, 0.29) is 5.44 Å². The molecule has 0 radical (unpaired) electrons. The third-order valence-corrected chi connectivity index (χ3v) is 4.14. The highest BCUT2D eigenvalue weighted by Gasteiger charge is 2.43. The number of nitrogens with zero attached hydrogens (tertiary/aromatic N) is 2. The average molecular weight is 286 g/mol. The predicted octanol–water partition coefficient (Wildman–Crippen LogP) is 0.0737. The van der Waals surface area contributed by atoms with E-state index in [0.717, 1.165) is 0 Å². The van der Waals surface area contributed by atoms with E-state index in [0.29, 0.717) is 24.8 Å². The normalized spacial score (nSPS) is 37.6. The molecule has 7 heteroatoms. The minimum Gasteiger partial charge on any atom is -0.460 e. The average Bonchev–Trinajstić information content (AvgIpc) is 2.79. The van der Waals surface area contributed by atoms with Crippen LogP contribution in [-0.4, -0.2) is 64.8 Å². The molecule has 108 valence electrons. The Morgan fingerprint density at radius 2 is 2.32 bits per heavy atom. The summed E-state index contributed by atoms with van der Waals surface area (Å²) in [6.45, 7) is 7.29. The Morgan fingerprint density at radius 3 is 3.00 bits per heavy atom. The van der Waals surface area contributed by atoms with Crippen LogP contribution < -0.4 is 5.32 Å². The van der Waals surface area contributed by atoms with Crippen LogP contribution in [0.4, 0.5) is 0 Å². The van der Waals surface area contributed by atoms with Gasteiger partial charge in [0.2, 0.25) is 0 Å². The zero-order valence-electron chi connectivity index (χ0n) is 10.9. The second-order valence-corrected chi connectivity index (χ2v) is 5.53. The van der Waals surface area contributed by atoms with Gasteiger partial charge < -0.3 is 30.6 Å². The number of hydrogen-bond acceptors (Lipinski definition) is 6. The molecule has 1 fully saturated rings. The van der Waals surface area contributed by atoms with Crippen molar-refractivity contribution in [2.45, 2.75) is 36.7 Å². The zero-order chi connectivity index (χ0) is 13.8. The number of aliphatic hydroxyl groups is 2. The first-order valence-electron chi connectivity index (χ1n) is 6.42. The smallest absolute Gasteiger partial charge is 0.112 e. The van der Waals surface area contributed by atoms with E-state index in [9.17, 15) is 10.2 Å². The number of thioether (sulfide) groups is 1.